The van der Waals surface area contributed by atoms with Crippen molar-refractivity contribution in [2.75, 3.05) is 46.4 Å². The average Bonchev–Trinajstić information content (AvgIpc) is 2.78. The molecule has 7 nitrogen and oxygen atoms in total. The van der Waals surface area contributed by atoms with Crippen molar-refractivity contribution < 1.29 is 14.3 Å². The molecule has 0 aromatic carbocycles. The molecule has 3 saturated heterocycles. The van der Waals surface area contributed by atoms with E-state index in [1.165, 1.54) is 25.9 Å². The molecule has 0 aliphatic carbocycles. The molecule has 3 aliphatic rings. The molecule has 33 heavy (non-hydrogen) atoms. The van der Waals surface area contributed by atoms with E-state index in [0.29, 0.717) is 25.0 Å². The molecule has 0 aromatic rings. The van der Waals surface area contributed by atoms with E-state index in [2.05, 4.69) is 41.3 Å². The van der Waals surface area contributed by atoms with E-state index >= 15 is 0 Å². The van der Waals surface area contributed by atoms with Gasteiger partial charge in [-0.15, -0.1) is 0 Å². The summed E-state index contributed by atoms with van der Waals surface area (Å²) < 4.78 is 5.79. The normalized spacial score (nSPS) is 30.1. The van der Waals surface area contributed by atoms with Crippen molar-refractivity contribution in [3.8, 4) is 0 Å². The van der Waals surface area contributed by atoms with Crippen LogP contribution in [0.4, 0.5) is 0 Å². The Bertz CT molecular complexity index is 625. The topological polar surface area (TPSA) is 73.9 Å². The van der Waals surface area contributed by atoms with Crippen LogP contribution in [-0.2, 0) is 14.3 Å². The molecular formula is C26H48N4O3. The van der Waals surface area contributed by atoms with E-state index in [9.17, 15) is 9.59 Å². The van der Waals surface area contributed by atoms with Gasteiger partial charge in [0.25, 0.3) is 0 Å². The molecule has 2 N–H and O–H groups in total. The fraction of sp³-hybridized carbons (Fsp3) is 0.923. The number of hydrogen-bond acceptors (Lipinski definition) is 5. The largest absolute Gasteiger partial charge is 0.379 e. The number of amides is 2. The maximum absolute atomic E-state index is 13.8. The minimum absolute atomic E-state index is 0.0567. The molecule has 3 heterocycles. The van der Waals surface area contributed by atoms with E-state index < -0.39 is 6.04 Å². The zero-order chi connectivity index (χ0) is 23.8. The fourth-order valence-electron chi connectivity index (χ4n) is 5.77. The summed E-state index contributed by atoms with van der Waals surface area (Å²) in [6.07, 6.45) is 8.95. The summed E-state index contributed by atoms with van der Waals surface area (Å²) in [7, 11) is 2.20. The van der Waals surface area contributed by atoms with Crippen LogP contribution in [0.25, 0.3) is 0 Å². The van der Waals surface area contributed by atoms with Gasteiger partial charge in [-0.3, -0.25) is 9.59 Å². The Morgan fingerprint density at radius 3 is 2.36 bits per heavy atom. The molecule has 7 heteroatoms. The smallest absolute Gasteiger partial charge is 0.242 e. The first-order chi connectivity index (χ1) is 15.8. The number of ether oxygens (including phenoxy) is 1. The van der Waals surface area contributed by atoms with Gasteiger partial charge in [0.15, 0.2) is 0 Å². The summed E-state index contributed by atoms with van der Waals surface area (Å²) >= 11 is 0. The molecule has 0 radical (unpaired) electrons. The predicted octanol–water partition coefficient (Wildman–Crippen LogP) is 2.79. The highest BCUT2D eigenvalue weighted by molar-refractivity contribution is 5.90. The molecule has 190 valence electrons. The zero-order valence-electron chi connectivity index (χ0n) is 21.5. The monoisotopic (exact) mass is 464 g/mol. The molecule has 3 fully saturated rings. The maximum Gasteiger partial charge on any atom is 0.242 e. The molecule has 2 atom stereocenters. The highest BCUT2D eigenvalue weighted by Gasteiger charge is 2.43. The minimum atomic E-state index is -0.480. The highest BCUT2D eigenvalue weighted by atomic mass is 16.5. The summed E-state index contributed by atoms with van der Waals surface area (Å²) in [5.74, 6) is 0.352. The van der Waals surface area contributed by atoms with Gasteiger partial charge in [0.2, 0.25) is 11.8 Å². The van der Waals surface area contributed by atoms with Crippen molar-refractivity contribution in [3.05, 3.63) is 0 Å². The third-order valence-corrected chi connectivity index (χ3v) is 7.97. The number of likely N-dealkylation sites (tertiary alicyclic amines) is 2. The van der Waals surface area contributed by atoms with Crippen molar-refractivity contribution in [2.45, 2.75) is 96.7 Å². The van der Waals surface area contributed by atoms with Crippen molar-refractivity contribution >= 4 is 11.8 Å². The van der Waals surface area contributed by atoms with Gasteiger partial charge >= 0.3 is 0 Å². The summed E-state index contributed by atoms with van der Waals surface area (Å²) in [6, 6.07) is 0.114. The molecule has 0 unspecified atom stereocenters. The summed E-state index contributed by atoms with van der Waals surface area (Å²) in [5, 5.41) is 6.28. The van der Waals surface area contributed by atoms with E-state index in [4.69, 9.17) is 4.74 Å². The lowest BCUT2D eigenvalue weighted by Gasteiger charge is -2.45. The van der Waals surface area contributed by atoms with Gasteiger partial charge in [-0.2, -0.15) is 0 Å². The van der Waals surface area contributed by atoms with Gasteiger partial charge in [-0.05, 0) is 91.0 Å². The Morgan fingerprint density at radius 1 is 1.00 bits per heavy atom. The molecule has 0 bridgehead atoms. The highest BCUT2D eigenvalue weighted by Crippen LogP contribution is 2.39. The van der Waals surface area contributed by atoms with Crippen LogP contribution in [0.3, 0.4) is 0 Å². The second kappa shape index (κ2) is 12.5. The van der Waals surface area contributed by atoms with Gasteiger partial charge in [0, 0.05) is 18.7 Å². The second-order valence-corrected chi connectivity index (χ2v) is 11.3. The van der Waals surface area contributed by atoms with Gasteiger partial charge in [0.1, 0.15) is 6.04 Å². The van der Waals surface area contributed by atoms with Gasteiger partial charge < -0.3 is 25.2 Å². The summed E-state index contributed by atoms with van der Waals surface area (Å²) in [4.78, 5) is 31.8. The molecule has 0 saturated carbocycles. The Hall–Kier alpha value is -1.18. The lowest BCUT2D eigenvalue weighted by Crippen LogP contribution is -2.57. The maximum atomic E-state index is 13.8. The number of rotatable bonds is 3. The van der Waals surface area contributed by atoms with Crippen LogP contribution in [0.5, 0.6) is 0 Å². The molecular weight excluding hydrogens is 416 g/mol. The molecule has 0 aromatic heterocycles. The van der Waals surface area contributed by atoms with Crippen LogP contribution < -0.4 is 10.6 Å². The van der Waals surface area contributed by atoms with Crippen molar-refractivity contribution in [1.82, 2.24) is 20.4 Å². The first-order valence-electron chi connectivity index (χ1n) is 13.4. The number of carbonyl (C=O) groups excluding carboxylic acids is 2. The average molecular weight is 465 g/mol. The van der Waals surface area contributed by atoms with E-state index in [-0.39, 0.29) is 23.3 Å². The third kappa shape index (κ3) is 7.66. The van der Waals surface area contributed by atoms with E-state index in [1.807, 2.05) is 6.92 Å². The van der Waals surface area contributed by atoms with Gasteiger partial charge in [-0.25, -0.2) is 0 Å². The number of nitrogens with one attached hydrogen (secondary N) is 2. The van der Waals surface area contributed by atoms with Crippen LogP contribution in [0.2, 0.25) is 0 Å². The number of hydrogen-bond donors (Lipinski definition) is 2. The van der Waals surface area contributed by atoms with Crippen LogP contribution >= 0.6 is 0 Å². The molecule has 1 spiro atoms. The lowest BCUT2D eigenvalue weighted by molar-refractivity contribution is -0.139. The standard InChI is InChI=1S/C26H48N4O3/c1-20(2)18-23-24(31)27-21(3)19-33-17-7-5-6-10-26(25(32)28-23)11-15-30(16-12-26)22-8-13-29(4)14-9-22/h20-23H,5-19H2,1-4H3,(H,27,31)(H,28,32)/t21-,23+/m1/s1. The minimum Gasteiger partial charge on any atom is -0.379 e. The first kappa shape index (κ1) is 26.4. The van der Waals surface area contributed by atoms with Gasteiger partial charge in [0.05, 0.1) is 12.0 Å². The number of piperidine rings is 2. The zero-order valence-corrected chi connectivity index (χ0v) is 21.5. The Labute approximate surface area is 201 Å². The van der Waals surface area contributed by atoms with Crippen molar-refractivity contribution in [2.24, 2.45) is 11.3 Å². The number of nitrogens with zero attached hydrogens (tertiary/aromatic N) is 2. The Kier molecular flexibility index (Phi) is 10.0. The molecule has 2 amide bonds. The predicted molar refractivity (Wildman–Crippen MR) is 132 cm³/mol. The Balaban J connectivity index is 1.70. The van der Waals surface area contributed by atoms with Crippen molar-refractivity contribution in [3.63, 3.8) is 0 Å². The van der Waals surface area contributed by atoms with Crippen LogP contribution in [0.1, 0.15) is 78.6 Å². The van der Waals surface area contributed by atoms with Crippen LogP contribution in [0.15, 0.2) is 0 Å². The first-order valence-corrected chi connectivity index (χ1v) is 13.4. The van der Waals surface area contributed by atoms with Crippen LogP contribution in [-0.4, -0.2) is 86.2 Å². The SMILES string of the molecule is CC(C)C[C@@H]1NC(=O)C2(CCCCCOC[C@@H](C)NC1=O)CCN(C1CCN(C)CC1)CC2. The fourth-order valence-corrected chi connectivity index (χ4v) is 5.77. The van der Waals surface area contributed by atoms with E-state index in [1.54, 1.807) is 0 Å². The summed E-state index contributed by atoms with van der Waals surface area (Å²) in [6.45, 7) is 11.7. The second-order valence-electron chi connectivity index (χ2n) is 11.3. The lowest BCUT2D eigenvalue weighted by atomic mass is 9.73. The number of carbonyl (C=O) groups is 2. The van der Waals surface area contributed by atoms with Gasteiger partial charge in [-0.1, -0.05) is 26.7 Å². The van der Waals surface area contributed by atoms with E-state index in [0.717, 1.165) is 58.2 Å². The van der Waals surface area contributed by atoms with Crippen molar-refractivity contribution in [1.29, 1.82) is 0 Å². The molecule has 3 aliphatic heterocycles. The summed E-state index contributed by atoms with van der Waals surface area (Å²) in [5.41, 5.74) is -0.353. The quantitative estimate of drug-likeness (QED) is 0.672. The Morgan fingerprint density at radius 2 is 1.70 bits per heavy atom. The molecule has 3 rings (SSSR count). The van der Waals surface area contributed by atoms with Crippen LogP contribution in [0, 0.1) is 11.3 Å². The third-order valence-electron chi connectivity index (χ3n) is 7.97.